The maximum absolute atomic E-state index is 11.9. The van der Waals surface area contributed by atoms with Crippen LogP contribution in [0.3, 0.4) is 0 Å². The summed E-state index contributed by atoms with van der Waals surface area (Å²) in [6.07, 6.45) is 0. The third kappa shape index (κ3) is 2.58. The summed E-state index contributed by atoms with van der Waals surface area (Å²) in [4.78, 5) is 11.9. The van der Waals surface area contributed by atoms with Crippen molar-refractivity contribution in [2.75, 3.05) is 5.73 Å². The predicted octanol–water partition coefficient (Wildman–Crippen LogP) is 3.26. The third-order valence-corrected chi connectivity index (χ3v) is 2.32. The van der Waals surface area contributed by atoms with Gasteiger partial charge in [0.25, 0.3) is 0 Å². The first-order valence-electron chi connectivity index (χ1n) is 4.41. The highest BCUT2D eigenvalue weighted by molar-refractivity contribution is 9.10. The molecule has 0 bridgehead atoms. The third-order valence-electron chi connectivity index (χ3n) is 1.86. The molecule has 0 saturated heterocycles. The van der Waals surface area contributed by atoms with Gasteiger partial charge in [-0.2, -0.15) is 0 Å². The van der Waals surface area contributed by atoms with E-state index in [1.165, 1.54) is 0 Å². The minimum absolute atomic E-state index is 0.102. The first-order valence-corrected chi connectivity index (χ1v) is 5.21. The molecule has 3 heteroatoms. The molecular formula is C11H14BrNO. The van der Waals surface area contributed by atoms with Crippen LogP contribution in [0.25, 0.3) is 0 Å². The number of carbonyl (C=O) groups is 1. The van der Waals surface area contributed by atoms with Crippen LogP contribution in [-0.2, 0) is 0 Å². The van der Waals surface area contributed by atoms with Gasteiger partial charge in [0.1, 0.15) is 0 Å². The van der Waals surface area contributed by atoms with Gasteiger partial charge in [-0.05, 0) is 18.2 Å². The number of carbonyl (C=O) groups excluding carboxylic acids is 1. The number of ketones is 1. The van der Waals surface area contributed by atoms with Gasteiger partial charge < -0.3 is 5.73 Å². The average molecular weight is 256 g/mol. The molecule has 2 nitrogen and oxygen atoms in total. The second kappa shape index (κ2) is 3.73. The Morgan fingerprint density at radius 3 is 2.29 bits per heavy atom. The van der Waals surface area contributed by atoms with Crippen LogP contribution in [0.4, 0.5) is 5.69 Å². The molecule has 0 unspecified atom stereocenters. The lowest BCUT2D eigenvalue weighted by Crippen LogP contribution is -2.20. The van der Waals surface area contributed by atoms with Gasteiger partial charge in [-0.1, -0.05) is 36.7 Å². The van der Waals surface area contributed by atoms with Crippen LogP contribution in [0.5, 0.6) is 0 Å². The molecule has 0 radical (unpaired) electrons. The molecule has 1 rings (SSSR count). The lowest BCUT2D eigenvalue weighted by molar-refractivity contribution is 0.0858. The number of Topliss-reactive ketones (excluding diaryl/α,β-unsaturated/α-hetero) is 1. The summed E-state index contributed by atoms with van der Waals surface area (Å²) in [6.45, 7) is 5.69. The monoisotopic (exact) mass is 255 g/mol. The number of nitrogen functional groups attached to an aromatic ring is 1. The van der Waals surface area contributed by atoms with E-state index in [1.54, 1.807) is 18.2 Å². The molecule has 1 aromatic carbocycles. The molecule has 14 heavy (non-hydrogen) atoms. The second-order valence-corrected chi connectivity index (χ2v) is 5.27. The van der Waals surface area contributed by atoms with Gasteiger partial charge in [0.15, 0.2) is 5.78 Å². The Morgan fingerprint density at radius 2 is 1.86 bits per heavy atom. The van der Waals surface area contributed by atoms with Gasteiger partial charge in [0, 0.05) is 21.1 Å². The second-order valence-electron chi connectivity index (χ2n) is 4.35. The van der Waals surface area contributed by atoms with Crippen LogP contribution < -0.4 is 5.73 Å². The SMILES string of the molecule is CC(C)(C)C(=O)c1cc(N)cc(Br)c1. The van der Waals surface area contributed by atoms with Crippen molar-refractivity contribution in [1.29, 1.82) is 0 Å². The number of benzene rings is 1. The largest absolute Gasteiger partial charge is 0.399 e. The Kier molecular flexibility index (Phi) is 3.00. The summed E-state index contributed by atoms with van der Waals surface area (Å²) in [6, 6.07) is 5.28. The van der Waals surface area contributed by atoms with E-state index in [4.69, 9.17) is 5.73 Å². The van der Waals surface area contributed by atoms with E-state index in [-0.39, 0.29) is 11.2 Å². The summed E-state index contributed by atoms with van der Waals surface area (Å²) < 4.78 is 0.838. The molecule has 1 aromatic rings. The number of halogens is 1. The average Bonchev–Trinajstić information content (AvgIpc) is 1.99. The van der Waals surface area contributed by atoms with E-state index in [0.29, 0.717) is 11.3 Å². The molecule has 0 amide bonds. The highest BCUT2D eigenvalue weighted by Crippen LogP contribution is 2.24. The molecule has 0 fully saturated rings. The molecule has 0 aliphatic carbocycles. The van der Waals surface area contributed by atoms with Crippen molar-refractivity contribution < 1.29 is 4.79 Å². The van der Waals surface area contributed by atoms with Crippen molar-refractivity contribution in [1.82, 2.24) is 0 Å². The molecule has 0 saturated carbocycles. The van der Waals surface area contributed by atoms with Crippen molar-refractivity contribution in [2.45, 2.75) is 20.8 Å². The molecule has 0 aliphatic rings. The Bertz CT molecular complexity index is 346. The van der Waals surface area contributed by atoms with E-state index >= 15 is 0 Å². The van der Waals surface area contributed by atoms with Crippen molar-refractivity contribution >= 4 is 27.4 Å². The zero-order chi connectivity index (χ0) is 10.9. The first kappa shape index (κ1) is 11.2. The Labute approximate surface area is 92.6 Å². The molecule has 0 spiro atoms. The van der Waals surface area contributed by atoms with E-state index < -0.39 is 0 Å². The molecule has 2 N–H and O–H groups in total. The van der Waals surface area contributed by atoms with Crippen LogP contribution in [0.15, 0.2) is 22.7 Å². The van der Waals surface area contributed by atoms with Crippen molar-refractivity contribution in [3.8, 4) is 0 Å². The summed E-state index contributed by atoms with van der Waals surface area (Å²) in [5.74, 6) is 0.102. The zero-order valence-electron chi connectivity index (χ0n) is 8.60. The fourth-order valence-electron chi connectivity index (χ4n) is 1.18. The van der Waals surface area contributed by atoms with Crippen LogP contribution >= 0.6 is 15.9 Å². The van der Waals surface area contributed by atoms with Crippen molar-refractivity contribution in [3.05, 3.63) is 28.2 Å². The summed E-state index contributed by atoms with van der Waals surface area (Å²) in [5.41, 5.74) is 6.55. The Hall–Kier alpha value is -0.830. The summed E-state index contributed by atoms with van der Waals surface area (Å²) >= 11 is 3.32. The molecular weight excluding hydrogens is 242 g/mol. The number of hydrogen-bond acceptors (Lipinski definition) is 2. The van der Waals surface area contributed by atoms with Crippen molar-refractivity contribution in [2.24, 2.45) is 5.41 Å². The molecule has 0 atom stereocenters. The maximum Gasteiger partial charge on any atom is 0.168 e. The van der Waals surface area contributed by atoms with E-state index in [0.717, 1.165) is 4.47 Å². The Morgan fingerprint density at radius 1 is 1.29 bits per heavy atom. The number of nitrogens with two attached hydrogens (primary N) is 1. The van der Waals surface area contributed by atoms with Crippen LogP contribution in [0.1, 0.15) is 31.1 Å². The molecule has 0 aliphatic heterocycles. The van der Waals surface area contributed by atoms with Crippen molar-refractivity contribution in [3.63, 3.8) is 0 Å². The highest BCUT2D eigenvalue weighted by Gasteiger charge is 2.23. The fraction of sp³-hybridized carbons (Fsp3) is 0.364. The molecule has 76 valence electrons. The predicted molar refractivity (Wildman–Crippen MR) is 62.3 cm³/mol. The van der Waals surface area contributed by atoms with Gasteiger partial charge >= 0.3 is 0 Å². The molecule has 0 heterocycles. The summed E-state index contributed by atoms with van der Waals surface area (Å²) in [5, 5.41) is 0. The van der Waals surface area contributed by atoms with E-state index in [2.05, 4.69) is 15.9 Å². The lowest BCUT2D eigenvalue weighted by Gasteiger charge is -2.16. The minimum Gasteiger partial charge on any atom is -0.399 e. The van der Waals surface area contributed by atoms with E-state index in [9.17, 15) is 4.79 Å². The van der Waals surface area contributed by atoms with Gasteiger partial charge in [-0.25, -0.2) is 0 Å². The first-order chi connectivity index (χ1) is 6.30. The van der Waals surface area contributed by atoms with Gasteiger partial charge in [-0.15, -0.1) is 0 Å². The maximum atomic E-state index is 11.9. The zero-order valence-corrected chi connectivity index (χ0v) is 10.2. The van der Waals surface area contributed by atoms with Crippen LogP contribution in [-0.4, -0.2) is 5.78 Å². The van der Waals surface area contributed by atoms with Crippen LogP contribution in [0.2, 0.25) is 0 Å². The van der Waals surface area contributed by atoms with Gasteiger partial charge in [0.05, 0.1) is 0 Å². The van der Waals surface area contributed by atoms with Gasteiger partial charge in [-0.3, -0.25) is 4.79 Å². The van der Waals surface area contributed by atoms with Gasteiger partial charge in [0.2, 0.25) is 0 Å². The number of hydrogen-bond donors (Lipinski definition) is 1. The number of anilines is 1. The molecule has 0 aromatic heterocycles. The summed E-state index contributed by atoms with van der Waals surface area (Å²) in [7, 11) is 0. The topological polar surface area (TPSA) is 43.1 Å². The minimum atomic E-state index is -0.368. The smallest absolute Gasteiger partial charge is 0.168 e. The lowest BCUT2D eigenvalue weighted by atomic mass is 9.86. The normalized spacial score (nSPS) is 11.4. The van der Waals surface area contributed by atoms with E-state index in [1.807, 2.05) is 20.8 Å². The van der Waals surface area contributed by atoms with Crippen LogP contribution in [0, 0.1) is 5.41 Å². The fourth-order valence-corrected chi connectivity index (χ4v) is 1.69. The Balaban J connectivity index is 3.14. The standard InChI is InChI=1S/C11H14BrNO/c1-11(2,3)10(14)7-4-8(12)6-9(13)5-7/h4-6H,13H2,1-3H3. The quantitative estimate of drug-likeness (QED) is 0.619. The number of rotatable bonds is 1. The highest BCUT2D eigenvalue weighted by atomic mass is 79.9.